The number of hydrogen-bond donors (Lipinski definition) is 2. The fourth-order valence-electron chi connectivity index (χ4n) is 2.25. The maximum Gasteiger partial charge on any atom is 0.404 e. The van der Waals surface area contributed by atoms with E-state index in [0.717, 1.165) is 19.3 Å². The number of hydrogen-bond acceptors (Lipinski definition) is 2. The smallest absolute Gasteiger partial charge is 0.404 e. The summed E-state index contributed by atoms with van der Waals surface area (Å²) in [6, 6.07) is 0.0622. The third-order valence-corrected chi connectivity index (χ3v) is 9.04. The van der Waals surface area contributed by atoms with Gasteiger partial charge in [-0.15, -0.1) is 0 Å². The number of carboxylic acid groups (broad SMARTS) is 1. The predicted octanol–water partition coefficient (Wildman–Crippen LogP) is 3.59. The normalized spacial score (nSPS) is 28.7. The van der Waals surface area contributed by atoms with E-state index < -0.39 is 14.4 Å². The standard InChI is InChI=1S/C13H27NO3Si/c1-7-13(8-10(9-13)14-11(15)16)17-18(5,6)12(2,3)4/h10,14H,7-9H2,1-6H3,(H,15,16). The minimum absolute atomic E-state index is 0.0622. The van der Waals surface area contributed by atoms with Crippen molar-refractivity contribution >= 4 is 14.4 Å². The quantitative estimate of drug-likeness (QED) is 0.770. The Balaban J connectivity index is 2.63. The second kappa shape index (κ2) is 4.85. The third-order valence-electron chi connectivity index (χ3n) is 4.49. The summed E-state index contributed by atoms with van der Waals surface area (Å²) in [6.07, 6.45) is 1.64. The van der Waals surface area contributed by atoms with Gasteiger partial charge >= 0.3 is 6.09 Å². The van der Waals surface area contributed by atoms with Crippen molar-refractivity contribution in [1.29, 1.82) is 0 Å². The Kier molecular flexibility index (Phi) is 4.18. The van der Waals surface area contributed by atoms with Crippen LogP contribution in [0, 0.1) is 0 Å². The van der Waals surface area contributed by atoms with Crippen molar-refractivity contribution in [3.05, 3.63) is 0 Å². The van der Waals surface area contributed by atoms with E-state index in [1.165, 1.54) is 0 Å². The van der Waals surface area contributed by atoms with E-state index in [1.807, 2.05) is 0 Å². The van der Waals surface area contributed by atoms with Gasteiger partial charge < -0.3 is 14.8 Å². The van der Waals surface area contributed by atoms with E-state index in [9.17, 15) is 4.79 Å². The number of rotatable bonds is 4. The summed E-state index contributed by atoms with van der Waals surface area (Å²) < 4.78 is 6.49. The lowest BCUT2D eigenvalue weighted by Gasteiger charge is -2.53. The molecule has 1 aliphatic carbocycles. The summed E-state index contributed by atoms with van der Waals surface area (Å²) in [4.78, 5) is 10.6. The van der Waals surface area contributed by atoms with Crippen LogP contribution in [0.25, 0.3) is 0 Å². The maximum atomic E-state index is 10.6. The molecule has 5 heteroatoms. The summed E-state index contributed by atoms with van der Waals surface area (Å²) in [5.74, 6) is 0. The summed E-state index contributed by atoms with van der Waals surface area (Å²) in [5.41, 5.74) is -0.101. The number of nitrogens with one attached hydrogen (secondary N) is 1. The molecule has 1 fully saturated rings. The van der Waals surface area contributed by atoms with Crippen molar-refractivity contribution in [2.75, 3.05) is 0 Å². The average Bonchev–Trinajstić information content (AvgIpc) is 2.10. The Morgan fingerprint density at radius 2 is 1.94 bits per heavy atom. The van der Waals surface area contributed by atoms with Gasteiger partial charge in [-0.05, 0) is 37.4 Å². The first-order chi connectivity index (χ1) is 8.01. The molecule has 0 bridgehead atoms. The van der Waals surface area contributed by atoms with Crippen molar-refractivity contribution in [3.8, 4) is 0 Å². The SMILES string of the molecule is CCC1(O[Si](C)(C)C(C)(C)C)CC(NC(=O)O)C1. The van der Waals surface area contributed by atoms with Crippen LogP contribution >= 0.6 is 0 Å². The molecule has 0 radical (unpaired) electrons. The highest BCUT2D eigenvalue weighted by Crippen LogP contribution is 2.46. The lowest BCUT2D eigenvalue weighted by Crippen LogP contribution is -2.60. The minimum atomic E-state index is -1.78. The predicted molar refractivity (Wildman–Crippen MR) is 75.5 cm³/mol. The Hall–Kier alpha value is -0.553. The van der Waals surface area contributed by atoms with E-state index in [0.29, 0.717) is 0 Å². The Labute approximate surface area is 111 Å². The summed E-state index contributed by atoms with van der Waals surface area (Å²) in [6.45, 7) is 13.3. The van der Waals surface area contributed by atoms with Crippen LogP contribution in [0.15, 0.2) is 0 Å². The average molecular weight is 273 g/mol. The molecule has 106 valence electrons. The molecule has 0 spiro atoms. The third kappa shape index (κ3) is 3.26. The molecule has 0 aromatic heterocycles. The Morgan fingerprint density at radius 1 is 1.44 bits per heavy atom. The molecule has 1 rings (SSSR count). The van der Waals surface area contributed by atoms with Gasteiger partial charge in [-0.25, -0.2) is 4.79 Å². The fourth-order valence-corrected chi connectivity index (χ4v) is 3.95. The summed E-state index contributed by atoms with van der Waals surface area (Å²) in [7, 11) is -1.78. The molecule has 1 aliphatic rings. The highest BCUT2D eigenvalue weighted by molar-refractivity contribution is 6.74. The first kappa shape index (κ1) is 15.5. The first-order valence-electron chi connectivity index (χ1n) is 6.71. The zero-order chi connectivity index (χ0) is 14.2. The highest BCUT2D eigenvalue weighted by atomic mass is 28.4. The molecular formula is C13H27NO3Si. The van der Waals surface area contributed by atoms with Crippen LogP contribution < -0.4 is 5.32 Å². The van der Waals surface area contributed by atoms with E-state index in [2.05, 4.69) is 46.1 Å². The first-order valence-corrected chi connectivity index (χ1v) is 9.62. The minimum Gasteiger partial charge on any atom is -0.465 e. The fraction of sp³-hybridized carbons (Fsp3) is 0.923. The van der Waals surface area contributed by atoms with Crippen LogP contribution in [-0.4, -0.2) is 31.2 Å². The lowest BCUT2D eigenvalue weighted by molar-refractivity contribution is -0.0441. The van der Waals surface area contributed by atoms with E-state index in [-0.39, 0.29) is 16.7 Å². The van der Waals surface area contributed by atoms with Gasteiger partial charge in [-0.3, -0.25) is 0 Å². The molecule has 0 heterocycles. The monoisotopic (exact) mass is 273 g/mol. The molecule has 0 aromatic rings. The molecule has 0 atom stereocenters. The van der Waals surface area contributed by atoms with Crippen molar-refractivity contribution in [1.82, 2.24) is 5.32 Å². The van der Waals surface area contributed by atoms with Gasteiger partial charge in [0.25, 0.3) is 0 Å². The molecule has 0 aliphatic heterocycles. The van der Waals surface area contributed by atoms with Crippen LogP contribution in [0.5, 0.6) is 0 Å². The molecule has 1 saturated carbocycles. The van der Waals surface area contributed by atoms with Gasteiger partial charge in [0.05, 0.1) is 5.60 Å². The molecule has 0 saturated heterocycles. The van der Waals surface area contributed by atoms with Gasteiger partial charge in [0.15, 0.2) is 8.32 Å². The zero-order valence-electron chi connectivity index (χ0n) is 12.5. The van der Waals surface area contributed by atoms with E-state index in [1.54, 1.807) is 0 Å². The van der Waals surface area contributed by atoms with Crippen LogP contribution in [0.2, 0.25) is 18.1 Å². The molecule has 18 heavy (non-hydrogen) atoms. The van der Waals surface area contributed by atoms with E-state index >= 15 is 0 Å². The topological polar surface area (TPSA) is 58.6 Å². The van der Waals surface area contributed by atoms with Gasteiger partial charge in [0.2, 0.25) is 0 Å². The van der Waals surface area contributed by atoms with Crippen molar-refractivity contribution in [2.24, 2.45) is 0 Å². The van der Waals surface area contributed by atoms with Crippen LogP contribution in [0.1, 0.15) is 47.0 Å². The molecule has 2 N–H and O–H groups in total. The van der Waals surface area contributed by atoms with Crippen LogP contribution in [0.3, 0.4) is 0 Å². The zero-order valence-corrected chi connectivity index (χ0v) is 13.5. The lowest BCUT2D eigenvalue weighted by atomic mass is 9.74. The molecule has 0 aromatic carbocycles. The van der Waals surface area contributed by atoms with Crippen molar-refractivity contribution in [2.45, 2.75) is 76.7 Å². The largest absolute Gasteiger partial charge is 0.465 e. The Morgan fingerprint density at radius 3 is 2.28 bits per heavy atom. The van der Waals surface area contributed by atoms with Gasteiger partial charge in [0, 0.05) is 6.04 Å². The number of carbonyl (C=O) groups is 1. The summed E-state index contributed by atoms with van der Waals surface area (Å²) in [5, 5.41) is 11.5. The molecule has 4 nitrogen and oxygen atoms in total. The highest BCUT2D eigenvalue weighted by Gasteiger charge is 2.50. The van der Waals surface area contributed by atoms with Crippen LogP contribution in [-0.2, 0) is 4.43 Å². The Bertz CT molecular complexity index is 317. The summed E-state index contributed by atoms with van der Waals surface area (Å²) >= 11 is 0. The molecular weight excluding hydrogens is 246 g/mol. The molecule has 0 unspecified atom stereocenters. The number of amides is 1. The van der Waals surface area contributed by atoms with Gasteiger partial charge in [-0.2, -0.15) is 0 Å². The second-order valence-corrected chi connectivity index (χ2v) is 11.7. The maximum absolute atomic E-state index is 10.6. The van der Waals surface area contributed by atoms with Crippen LogP contribution in [0.4, 0.5) is 4.79 Å². The van der Waals surface area contributed by atoms with Gasteiger partial charge in [-0.1, -0.05) is 27.7 Å². The van der Waals surface area contributed by atoms with Crippen molar-refractivity contribution < 1.29 is 14.3 Å². The second-order valence-electron chi connectivity index (χ2n) is 6.95. The molecule has 1 amide bonds. The van der Waals surface area contributed by atoms with Crippen molar-refractivity contribution in [3.63, 3.8) is 0 Å². The van der Waals surface area contributed by atoms with Gasteiger partial charge in [0.1, 0.15) is 0 Å². The van der Waals surface area contributed by atoms with E-state index in [4.69, 9.17) is 9.53 Å².